The van der Waals surface area contributed by atoms with Crippen molar-refractivity contribution in [3.8, 4) is 0 Å². The van der Waals surface area contributed by atoms with Crippen LogP contribution in [0.4, 0.5) is 18.9 Å². The Hall–Kier alpha value is -1.89. The van der Waals surface area contributed by atoms with Gasteiger partial charge in [-0.3, -0.25) is 9.59 Å². The molecule has 0 spiro atoms. The number of hydrogen-bond acceptors (Lipinski definition) is 6. The van der Waals surface area contributed by atoms with E-state index in [-0.39, 0.29) is 25.8 Å². The molecule has 0 unspecified atom stereocenters. The SMILES string of the molecule is C[C@@](O)(C(=O)Nc1ccc(S(=O)(=O)CC(=O)NCCO)cc1Cl)C(F)(F)F. The number of amides is 2. The van der Waals surface area contributed by atoms with Gasteiger partial charge in [-0.15, -0.1) is 0 Å². The fourth-order valence-corrected chi connectivity index (χ4v) is 3.14. The second-order valence-corrected chi connectivity index (χ2v) is 7.90. The van der Waals surface area contributed by atoms with Crippen LogP contribution in [-0.2, 0) is 19.4 Å². The molecule has 0 heterocycles. The second kappa shape index (κ2) is 8.42. The van der Waals surface area contributed by atoms with Crippen molar-refractivity contribution in [2.45, 2.75) is 23.6 Å². The number of hydrogen-bond donors (Lipinski definition) is 4. The number of carbonyl (C=O) groups is 2. The fraction of sp³-hybridized carbons (Fsp3) is 0.429. The Morgan fingerprint density at radius 2 is 1.85 bits per heavy atom. The number of carbonyl (C=O) groups excluding carboxylic acids is 2. The van der Waals surface area contributed by atoms with Gasteiger partial charge in [0.2, 0.25) is 11.5 Å². The lowest BCUT2D eigenvalue weighted by Crippen LogP contribution is -2.52. The van der Waals surface area contributed by atoms with Crippen molar-refractivity contribution in [2.24, 2.45) is 0 Å². The molecule has 0 saturated carbocycles. The largest absolute Gasteiger partial charge is 0.426 e. The maximum atomic E-state index is 12.6. The minimum atomic E-state index is -5.24. The van der Waals surface area contributed by atoms with Crippen molar-refractivity contribution < 1.29 is 41.4 Å². The van der Waals surface area contributed by atoms with Gasteiger partial charge < -0.3 is 20.8 Å². The van der Waals surface area contributed by atoms with E-state index in [9.17, 15) is 36.3 Å². The van der Waals surface area contributed by atoms with E-state index in [0.29, 0.717) is 0 Å². The fourth-order valence-electron chi connectivity index (χ4n) is 1.67. The van der Waals surface area contributed by atoms with Crippen LogP contribution in [0.3, 0.4) is 0 Å². The Bertz CT molecular complexity index is 827. The standard InChI is InChI=1S/C14H16ClF3N2O6S/c1-13(24,14(16,17)18)12(23)20-10-3-2-8(6-9(10)15)27(25,26)7-11(22)19-4-5-21/h2-3,6,21,24H,4-5,7H2,1H3,(H,19,22)(H,20,23)/t13-/m1/s1. The normalized spacial score (nSPS) is 14.3. The van der Waals surface area contributed by atoms with E-state index in [4.69, 9.17) is 16.7 Å². The maximum absolute atomic E-state index is 12.6. The molecule has 27 heavy (non-hydrogen) atoms. The molecule has 0 aromatic heterocycles. The summed E-state index contributed by atoms with van der Waals surface area (Å²) in [7, 11) is -4.13. The van der Waals surface area contributed by atoms with Gasteiger partial charge in [-0.05, 0) is 25.1 Å². The Kier molecular flexibility index (Phi) is 7.22. The van der Waals surface area contributed by atoms with Gasteiger partial charge in [-0.25, -0.2) is 8.42 Å². The summed E-state index contributed by atoms with van der Waals surface area (Å²) in [6.45, 7) is -0.271. The molecule has 0 fully saturated rings. The summed E-state index contributed by atoms with van der Waals surface area (Å²) >= 11 is 5.79. The Morgan fingerprint density at radius 3 is 2.33 bits per heavy atom. The minimum absolute atomic E-state index is 0.140. The molecule has 0 radical (unpaired) electrons. The highest BCUT2D eigenvalue weighted by Gasteiger charge is 2.55. The van der Waals surface area contributed by atoms with Gasteiger partial charge in [0.1, 0.15) is 5.75 Å². The predicted octanol–water partition coefficient (Wildman–Crippen LogP) is 0.474. The van der Waals surface area contributed by atoms with Crippen molar-refractivity contribution in [1.29, 1.82) is 0 Å². The Morgan fingerprint density at radius 1 is 1.26 bits per heavy atom. The minimum Gasteiger partial charge on any atom is -0.395 e. The van der Waals surface area contributed by atoms with Gasteiger partial charge >= 0.3 is 6.18 Å². The number of aliphatic hydroxyl groups is 2. The lowest BCUT2D eigenvalue weighted by atomic mass is 10.1. The van der Waals surface area contributed by atoms with Crippen LogP contribution in [0.25, 0.3) is 0 Å². The third-order valence-corrected chi connectivity index (χ3v) is 5.22. The first-order valence-corrected chi connectivity index (χ1v) is 9.26. The van der Waals surface area contributed by atoms with Crippen molar-refractivity contribution in [3.63, 3.8) is 0 Å². The summed E-state index contributed by atoms with van der Waals surface area (Å²) in [5.41, 5.74) is -4.05. The van der Waals surface area contributed by atoms with Gasteiger partial charge in [0.25, 0.3) is 5.91 Å². The molecule has 1 aromatic rings. The molecule has 1 aromatic carbocycles. The average molecular weight is 433 g/mol. The monoisotopic (exact) mass is 432 g/mol. The van der Waals surface area contributed by atoms with Gasteiger partial charge in [-0.2, -0.15) is 13.2 Å². The van der Waals surface area contributed by atoms with E-state index < -0.39 is 49.1 Å². The smallest absolute Gasteiger partial charge is 0.395 e. The third-order valence-electron chi connectivity index (χ3n) is 3.30. The van der Waals surface area contributed by atoms with Crippen LogP contribution in [-0.4, -0.2) is 61.1 Å². The number of aliphatic hydroxyl groups excluding tert-OH is 1. The van der Waals surface area contributed by atoms with Crippen LogP contribution in [0, 0.1) is 0 Å². The summed E-state index contributed by atoms with van der Waals surface area (Å²) in [5.74, 6) is -3.63. The highest BCUT2D eigenvalue weighted by molar-refractivity contribution is 7.92. The lowest BCUT2D eigenvalue weighted by Gasteiger charge is -2.25. The van der Waals surface area contributed by atoms with Crippen LogP contribution in [0.15, 0.2) is 23.1 Å². The molecule has 0 aliphatic rings. The Balaban J connectivity index is 3.00. The van der Waals surface area contributed by atoms with Crippen LogP contribution in [0.2, 0.25) is 5.02 Å². The number of benzene rings is 1. The summed E-state index contributed by atoms with van der Waals surface area (Å²) in [5, 5.41) is 21.4. The highest BCUT2D eigenvalue weighted by Crippen LogP contribution is 2.32. The zero-order chi connectivity index (χ0) is 21.0. The first-order chi connectivity index (χ1) is 12.2. The molecule has 8 nitrogen and oxygen atoms in total. The van der Waals surface area contributed by atoms with E-state index in [1.807, 2.05) is 0 Å². The molecule has 0 aliphatic carbocycles. The molecular weight excluding hydrogens is 417 g/mol. The summed E-state index contributed by atoms with van der Waals surface area (Å²) < 4.78 is 62.2. The van der Waals surface area contributed by atoms with Crippen LogP contribution in [0.5, 0.6) is 0 Å². The summed E-state index contributed by atoms with van der Waals surface area (Å²) in [6.07, 6.45) is -5.24. The van der Waals surface area contributed by atoms with Crippen LogP contribution in [0.1, 0.15) is 6.92 Å². The number of sulfone groups is 1. The molecular formula is C14H16ClF3N2O6S. The zero-order valence-corrected chi connectivity index (χ0v) is 15.4. The second-order valence-electron chi connectivity index (χ2n) is 5.50. The summed E-state index contributed by atoms with van der Waals surface area (Å²) in [6, 6.07) is 2.69. The topological polar surface area (TPSA) is 133 Å². The van der Waals surface area contributed by atoms with Crippen molar-refractivity contribution in [1.82, 2.24) is 5.32 Å². The summed E-state index contributed by atoms with van der Waals surface area (Å²) in [4.78, 5) is 22.7. The molecule has 2 amide bonds. The molecule has 152 valence electrons. The van der Waals surface area contributed by atoms with Crippen LogP contribution < -0.4 is 10.6 Å². The predicted molar refractivity (Wildman–Crippen MR) is 88.9 cm³/mol. The molecule has 0 bridgehead atoms. The molecule has 1 atom stereocenters. The quantitative estimate of drug-likeness (QED) is 0.495. The first kappa shape index (κ1) is 23.1. The van der Waals surface area contributed by atoms with Gasteiger partial charge in [-0.1, -0.05) is 11.6 Å². The molecule has 4 N–H and O–H groups in total. The van der Waals surface area contributed by atoms with E-state index in [1.54, 1.807) is 5.32 Å². The molecule has 1 rings (SSSR count). The highest BCUT2D eigenvalue weighted by atomic mass is 35.5. The van der Waals surface area contributed by atoms with Crippen molar-refractivity contribution in [3.05, 3.63) is 23.2 Å². The van der Waals surface area contributed by atoms with Crippen molar-refractivity contribution >= 4 is 38.9 Å². The third kappa shape index (κ3) is 5.79. The van der Waals surface area contributed by atoms with Gasteiger partial charge in [0.05, 0.1) is 22.2 Å². The van der Waals surface area contributed by atoms with E-state index in [2.05, 4.69) is 5.32 Å². The number of alkyl halides is 3. The lowest BCUT2D eigenvalue weighted by molar-refractivity contribution is -0.242. The molecule has 0 aliphatic heterocycles. The number of anilines is 1. The van der Waals surface area contributed by atoms with Gasteiger partial charge in [0, 0.05) is 6.54 Å². The first-order valence-electron chi connectivity index (χ1n) is 7.23. The average Bonchev–Trinajstić information content (AvgIpc) is 2.53. The van der Waals surface area contributed by atoms with E-state index >= 15 is 0 Å². The number of rotatable bonds is 7. The maximum Gasteiger partial charge on any atom is 0.426 e. The number of nitrogens with one attached hydrogen (secondary N) is 2. The van der Waals surface area contributed by atoms with Gasteiger partial charge in [0.15, 0.2) is 9.84 Å². The van der Waals surface area contributed by atoms with E-state index in [1.165, 1.54) is 0 Å². The molecule has 13 heteroatoms. The zero-order valence-electron chi connectivity index (χ0n) is 13.8. The van der Waals surface area contributed by atoms with E-state index in [0.717, 1.165) is 18.2 Å². The Labute approximate surface area is 157 Å². The number of halogens is 4. The van der Waals surface area contributed by atoms with Crippen molar-refractivity contribution in [2.75, 3.05) is 24.2 Å². The van der Waals surface area contributed by atoms with Crippen LogP contribution >= 0.6 is 11.6 Å². The molecule has 0 saturated heterocycles.